The van der Waals surface area contributed by atoms with E-state index in [0.717, 1.165) is 11.8 Å². The predicted octanol–water partition coefficient (Wildman–Crippen LogP) is 2.74. The van der Waals surface area contributed by atoms with Crippen molar-refractivity contribution in [2.24, 2.45) is 11.8 Å². The molecule has 1 saturated heterocycles. The first-order chi connectivity index (χ1) is 7.67. The Hall–Kier alpha value is -0.0800. The van der Waals surface area contributed by atoms with Gasteiger partial charge in [-0.1, -0.05) is 27.7 Å². The molecule has 0 aromatic heterocycles. The molecule has 0 aromatic carbocycles. The van der Waals surface area contributed by atoms with Crippen LogP contribution >= 0.6 is 0 Å². The van der Waals surface area contributed by atoms with E-state index in [1.807, 2.05) is 0 Å². The first-order valence-corrected chi connectivity index (χ1v) is 7.13. The Morgan fingerprint density at radius 3 is 2.56 bits per heavy atom. The molecule has 0 spiro atoms. The molecule has 1 aliphatic rings. The summed E-state index contributed by atoms with van der Waals surface area (Å²) in [6.07, 6.45) is 3.90. The lowest BCUT2D eigenvalue weighted by Crippen LogP contribution is -2.40. The molecule has 1 heterocycles. The Morgan fingerprint density at radius 2 is 2.06 bits per heavy atom. The average molecular weight is 226 g/mol. The van der Waals surface area contributed by atoms with Crippen LogP contribution in [0, 0.1) is 11.8 Å². The summed E-state index contributed by atoms with van der Waals surface area (Å²) < 4.78 is 0. The second kappa shape index (κ2) is 7.29. The molecule has 0 bridgehead atoms. The lowest BCUT2D eigenvalue weighted by Gasteiger charge is -2.24. The van der Waals surface area contributed by atoms with E-state index in [0.29, 0.717) is 6.04 Å². The highest BCUT2D eigenvalue weighted by Crippen LogP contribution is 2.23. The summed E-state index contributed by atoms with van der Waals surface area (Å²) >= 11 is 0. The van der Waals surface area contributed by atoms with Gasteiger partial charge in [-0.05, 0) is 44.2 Å². The fourth-order valence-electron chi connectivity index (χ4n) is 2.57. The van der Waals surface area contributed by atoms with Gasteiger partial charge in [-0.2, -0.15) is 0 Å². The molecule has 1 N–H and O–H groups in total. The summed E-state index contributed by atoms with van der Waals surface area (Å²) in [6, 6.07) is 0.700. The lowest BCUT2D eigenvalue weighted by atomic mass is 9.95. The van der Waals surface area contributed by atoms with Gasteiger partial charge in [-0.3, -0.25) is 0 Å². The number of hydrogen-bond donors (Lipinski definition) is 1. The highest BCUT2D eigenvalue weighted by Gasteiger charge is 2.25. The van der Waals surface area contributed by atoms with E-state index < -0.39 is 0 Å². The highest BCUT2D eigenvalue weighted by atomic mass is 15.2. The van der Waals surface area contributed by atoms with Crippen molar-refractivity contribution in [2.75, 3.05) is 26.2 Å². The van der Waals surface area contributed by atoms with Crippen molar-refractivity contribution in [1.82, 2.24) is 10.2 Å². The van der Waals surface area contributed by atoms with Gasteiger partial charge in [-0.25, -0.2) is 0 Å². The summed E-state index contributed by atoms with van der Waals surface area (Å²) in [5, 5.41) is 3.65. The Morgan fingerprint density at radius 1 is 1.31 bits per heavy atom. The quantitative estimate of drug-likeness (QED) is 0.718. The van der Waals surface area contributed by atoms with Crippen LogP contribution in [0.15, 0.2) is 0 Å². The monoisotopic (exact) mass is 226 g/mol. The second-order valence-corrected chi connectivity index (χ2v) is 5.61. The third-order valence-corrected chi connectivity index (χ3v) is 3.91. The molecule has 2 nitrogen and oxygen atoms in total. The fraction of sp³-hybridized carbons (Fsp3) is 1.00. The molecule has 0 amide bonds. The van der Waals surface area contributed by atoms with E-state index >= 15 is 0 Å². The molecule has 0 aromatic rings. The maximum Gasteiger partial charge on any atom is 0.0192 e. The zero-order valence-corrected chi connectivity index (χ0v) is 11.6. The number of rotatable bonds is 7. The standard InChI is InChI=1S/C14H30N2/c1-5-8-15-14(6-2)11-16-9-7-13(10-16)12(3)4/h12-15H,5-11H2,1-4H3. The third-order valence-electron chi connectivity index (χ3n) is 3.91. The molecular weight excluding hydrogens is 196 g/mol. The van der Waals surface area contributed by atoms with Gasteiger partial charge in [0.15, 0.2) is 0 Å². The minimum atomic E-state index is 0.700. The number of nitrogens with one attached hydrogen (secondary N) is 1. The van der Waals surface area contributed by atoms with E-state index in [2.05, 4.69) is 37.9 Å². The van der Waals surface area contributed by atoms with Gasteiger partial charge in [0.1, 0.15) is 0 Å². The van der Waals surface area contributed by atoms with Crippen LogP contribution in [-0.2, 0) is 0 Å². The molecule has 96 valence electrons. The Bertz CT molecular complexity index is 180. The van der Waals surface area contributed by atoms with Gasteiger partial charge < -0.3 is 10.2 Å². The lowest BCUT2D eigenvalue weighted by molar-refractivity contribution is 0.265. The Balaban J connectivity index is 2.25. The molecule has 0 saturated carbocycles. The zero-order valence-electron chi connectivity index (χ0n) is 11.6. The van der Waals surface area contributed by atoms with E-state index in [1.165, 1.54) is 45.4 Å². The van der Waals surface area contributed by atoms with Crippen molar-refractivity contribution in [3.63, 3.8) is 0 Å². The molecule has 0 aliphatic carbocycles. The van der Waals surface area contributed by atoms with Crippen LogP contribution in [0.3, 0.4) is 0 Å². The van der Waals surface area contributed by atoms with Gasteiger partial charge in [0.25, 0.3) is 0 Å². The smallest absolute Gasteiger partial charge is 0.0192 e. The summed E-state index contributed by atoms with van der Waals surface area (Å²) in [5.41, 5.74) is 0. The first-order valence-electron chi connectivity index (χ1n) is 7.13. The van der Waals surface area contributed by atoms with Crippen LogP contribution in [0.5, 0.6) is 0 Å². The summed E-state index contributed by atoms with van der Waals surface area (Å²) in [4.78, 5) is 2.65. The second-order valence-electron chi connectivity index (χ2n) is 5.61. The molecule has 2 unspecified atom stereocenters. The van der Waals surface area contributed by atoms with Crippen molar-refractivity contribution in [3.05, 3.63) is 0 Å². The van der Waals surface area contributed by atoms with Crippen molar-refractivity contribution >= 4 is 0 Å². The minimum absolute atomic E-state index is 0.700. The largest absolute Gasteiger partial charge is 0.313 e. The fourth-order valence-corrected chi connectivity index (χ4v) is 2.57. The van der Waals surface area contributed by atoms with Crippen molar-refractivity contribution in [1.29, 1.82) is 0 Å². The Kier molecular flexibility index (Phi) is 6.37. The molecule has 16 heavy (non-hydrogen) atoms. The molecule has 1 rings (SSSR count). The maximum atomic E-state index is 3.65. The van der Waals surface area contributed by atoms with Crippen molar-refractivity contribution < 1.29 is 0 Å². The van der Waals surface area contributed by atoms with Gasteiger partial charge in [0, 0.05) is 19.1 Å². The van der Waals surface area contributed by atoms with Crippen molar-refractivity contribution in [3.8, 4) is 0 Å². The summed E-state index contributed by atoms with van der Waals surface area (Å²) in [5.74, 6) is 1.79. The summed E-state index contributed by atoms with van der Waals surface area (Å²) in [7, 11) is 0. The van der Waals surface area contributed by atoms with Gasteiger partial charge >= 0.3 is 0 Å². The highest BCUT2D eigenvalue weighted by molar-refractivity contribution is 4.80. The van der Waals surface area contributed by atoms with Crippen LogP contribution in [0.2, 0.25) is 0 Å². The van der Waals surface area contributed by atoms with E-state index in [4.69, 9.17) is 0 Å². The van der Waals surface area contributed by atoms with E-state index in [9.17, 15) is 0 Å². The normalized spacial score (nSPS) is 24.2. The maximum absolute atomic E-state index is 3.65. The summed E-state index contributed by atoms with van der Waals surface area (Å²) in [6.45, 7) is 14.3. The van der Waals surface area contributed by atoms with Gasteiger partial charge in [0.2, 0.25) is 0 Å². The first kappa shape index (κ1) is 14.0. The predicted molar refractivity (Wildman–Crippen MR) is 71.8 cm³/mol. The van der Waals surface area contributed by atoms with Crippen molar-refractivity contribution in [2.45, 2.75) is 53.0 Å². The number of likely N-dealkylation sites (tertiary alicyclic amines) is 1. The zero-order chi connectivity index (χ0) is 12.0. The van der Waals surface area contributed by atoms with Gasteiger partial charge in [0.05, 0.1) is 0 Å². The molecule has 1 aliphatic heterocycles. The topological polar surface area (TPSA) is 15.3 Å². The van der Waals surface area contributed by atoms with Crippen LogP contribution in [0.4, 0.5) is 0 Å². The number of hydrogen-bond acceptors (Lipinski definition) is 2. The molecule has 1 fully saturated rings. The Labute approximate surface area is 102 Å². The van der Waals surface area contributed by atoms with Gasteiger partial charge in [-0.15, -0.1) is 0 Å². The molecule has 2 heteroatoms. The van der Waals surface area contributed by atoms with Crippen LogP contribution < -0.4 is 5.32 Å². The van der Waals surface area contributed by atoms with E-state index in [-0.39, 0.29) is 0 Å². The van der Waals surface area contributed by atoms with E-state index in [1.54, 1.807) is 0 Å². The van der Waals surface area contributed by atoms with Crippen LogP contribution in [-0.4, -0.2) is 37.1 Å². The van der Waals surface area contributed by atoms with Crippen LogP contribution in [0.1, 0.15) is 47.0 Å². The number of nitrogens with zero attached hydrogens (tertiary/aromatic N) is 1. The minimum Gasteiger partial charge on any atom is -0.313 e. The van der Waals surface area contributed by atoms with Crippen LogP contribution in [0.25, 0.3) is 0 Å². The average Bonchev–Trinajstić information content (AvgIpc) is 2.72. The molecule has 0 radical (unpaired) electrons. The molecule has 2 atom stereocenters. The third kappa shape index (κ3) is 4.42. The SMILES string of the molecule is CCCNC(CC)CN1CCC(C(C)C)C1. The molecular formula is C14H30N2.